The van der Waals surface area contributed by atoms with Crippen molar-refractivity contribution in [2.45, 2.75) is 49.5 Å². The number of hydrogen-bond acceptors (Lipinski definition) is 3. The van der Waals surface area contributed by atoms with E-state index in [1.807, 2.05) is 17.8 Å². The van der Waals surface area contributed by atoms with Crippen LogP contribution < -0.4 is 0 Å². The third-order valence-electron chi connectivity index (χ3n) is 3.44. The van der Waals surface area contributed by atoms with Gasteiger partial charge in [-0.2, -0.15) is 0 Å². The van der Waals surface area contributed by atoms with Gasteiger partial charge in [0.05, 0.1) is 5.71 Å². The molecule has 3 heteroatoms. The van der Waals surface area contributed by atoms with Crippen LogP contribution in [0.5, 0.6) is 0 Å². The minimum Gasteiger partial charge on any atom is -0.411 e. The monoisotopic (exact) mass is 263 g/mol. The van der Waals surface area contributed by atoms with E-state index in [9.17, 15) is 0 Å². The van der Waals surface area contributed by atoms with Crippen molar-refractivity contribution in [3.05, 3.63) is 35.9 Å². The van der Waals surface area contributed by atoms with Crippen molar-refractivity contribution < 1.29 is 5.21 Å². The zero-order chi connectivity index (χ0) is 12.6. The van der Waals surface area contributed by atoms with E-state index in [0.29, 0.717) is 5.25 Å². The topological polar surface area (TPSA) is 32.6 Å². The molecule has 98 valence electrons. The summed E-state index contributed by atoms with van der Waals surface area (Å²) in [4.78, 5) is 0. The molecule has 1 aliphatic carbocycles. The lowest BCUT2D eigenvalue weighted by molar-refractivity contribution is 0.315. The van der Waals surface area contributed by atoms with Crippen molar-refractivity contribution in [2.75, 3.05) is 0 Å². The summed E-state index contributed by atoms with van der Waals surface area (Å²) in [5.74, 6) is 1.00. The lowest BCUT2D eigenvalue weighted by Crippen LogP contribution is -2.19. The maximum absolute atomic E-state index is 9.15. The summed E-state index contributed by atoms with van der Waals surface area (Å²) in [5.41, 5.74) is 2.34. The Morgan fingerprint density at radius 3 is 2.67 bits per heavy atom. The molecular formula is C15H21NOS. The number of rotatable bonds is 3. The molecule has 2 rings (SSSR count). The fourth-order valence-electron chi connectivity index (χ4n) is 2.38. The molecule has 1 atom stereocenters. The van der Waals surface area contributed by atoms with Gasteiger partial charge in [-0.25, -0.2) is 0 Å². The minimum absolute atomic E-state index is 0.399. The molecule has 0 bridgehead atoms. The van der Waals surface area contributed by atoms with Gasteiger partial charge in [0.1, 0.15) is 0 Å². The van der Waals surface area contributed by atoms with Crippen molar-refractivity contribution in [1.29, 1.82) is 0 Å². The third-order valence-corrected chi connectivity index (χ3v) is 4.85. The van der Waals surface area contributed by atoms with Crippen molar-refractivity contribution in [3.8, 4) is 0 Å². The molecule has 0 amide bonds. The molecule has 0 aliphatic heterocycles. The summed E-state index contributed by atoms with van der Waals surface area (Å²) < 4.78 is 0. The van der Waals surface area contributed by atoms with Crippen LogP contribution in [-0.4, -0.2) is 16.2 Å². The van der Waals surface area contributed by atoms with E-state index in [1.165, 1.54) is 31.2 Å². The summed E-state index contributed by atoms with van der Waals surface area (Å²) in [5, 5.41) is 13.1. The third kappa shape index (κ3) is 4.05. The van der Waals surface area contributed by atoms with Crippen LogP contribution in [0.1, 0.15) is 44.1 Å². The summed E-state index contributed by atoms with van der Waals surface area (Å²) >= 11 is 1.91. The molecule has 2 nitrogen and oxygen atoms in total. The first-order valence-corrected chi connectivity index (χ1v) is 7.81. The molecule has 1 saturated carbocycles. The Labute approximate surface area is 113 Å². The summed E-state index contributed by atoms with van der Waals surface area (Å²) in [7, 11) is 0. The lowest BCUT2D eigenvalue weighted by Gasteiger charge is -2.20. The maximum Gasteiger partial charge on any atom is 0.0700 e. The lowest BCUT2D eigenvalue weighted by atomic mass is 9.99. The van der Waals surface area contributed by atoms with Gasteiger partial charge in [-0.3, -0.25) is 0 Å². The van der Waals surface area contributed by atoms with Gasteiger partial charge in [-0.15, -0.1) is 11.8 Å². The molecule has 1 fully saturated rings. The largest absolute Gasteiger partial charge is 0.411 e. The highest BCUT2D eigenvalue weighted by atomic mass is 32.2. The molecule has 0 spiro atoms. The van der Waals surface area contributed by atoms with E-state index < -0.39 is 0 Å². The van der Waals surface area contributed by atoms with Crippen molar-refractivity contribution in [1.82, 2.24) is 0 Å². The Bertz CT molecular complexity index is 377. The van der Waals surface area contributed by atoms with Crippen LogP contribution in [0.25, 0.3) is 0 Å². The average molecular weight is 263 g/mol. The van der Waals surface area contributed by atoms with Gasteiger partial charge in [-0.1, -0.05) is 54.8 Å². The smallest absolute Gasteiger partial charge is 0.0700 e. The van der Waals surface area contributed by atoms with Gasteiger partial charge in [-0.05, 0) is 24.8 Å². The van der Waals surface area contributed by atoms with E-state index in [-0.39, 0.29) is 0 Å². The van der Waals surface area contributed by atoms with E-state index in [2.05, 4.69) is 29.4 Å². The number of oxime groups is 1. The Kier molecular flexibility index (Phi) is 5.59. The fourth-order valence-corrected chi connectivity index (χ4v) is 3.66. The van der Waals surface area contributed by atoms with Crippen LogP contribution in [0, 0.1) is 0 Å². The molecule has 0 unspecified atom stereocenters. The Hall–Kier alpha value is -0.960. The molecule has 1 aromatic carbocycles. The quantitative estimate of drug-likeness (QED) is 0.644. The fraction of sp³-hybridized carbons (Fsp3) is 0.533. The summed E-state index contributed by atoms with van der Waals surface area (Å²) in [6.07, 6.45) is 7.13. The predicted molar refractivity (Wildman–Crippen MR) is 78.4 cm³/mol. The second-order valence-corrected chi connectivity index (χ2v) is 6.02. The standard InChI is InChI=1S/C15H21NOS/c17-16-14-10-6-1-2-7-11-15(14)18-12-13-8-4-3-5-9-13/h3-5,8-9,15,17H,1-2,6-7,10-12H2/b16-14-/t15-/m0/s1. The van der Waals surface area contributed by atoms with Crippen LogP contribution in [0.3, 0.4) is 0 Å². The van der Waals surface area contributed by atoms with Gasteiger partial charge in [0, 0.05) is 11.0 Å². The minimum atomic E-state index is 0.399. The van der Waals surface area contributed by atoms with E-state index >= 15 is 0 Å². The highest BCUT2D eigenvalue weighted by molar-refractivity contribution is 7.99. The van der Waals surface area contributed by atoms with Gasteiger partial charge in [0.2, 0.25) is 0 Å². The molecule has 1 aliphatic rings. The van der Waals surface area contributed by atoms with Crippen molar-refractivity contribution in [3.63, 3.8) is 0 Å². The first-order valence-electron chi connectivity index (χ1n) is 6.76. The van der Waals surface area contributed by atoms with Gasteiger partial charge < -0.3 is 5.21 Å². The number of benzene rings is 1. The number of thioether (sulfide) groups is 1. The zero-order valence-electron chi connectivity index (χ0n) is 10.7. The molecule has 18 heavy (non-hydrogen) atoms. The Balaban J connectivity index is 1.92. The number of nitrogens with zero attached hydrogens (tertiary/aromatic N) is 1. The second kappa shape index (κ2) is 7.47. The van der Waals surface area contributed by atoms with Crippen LogP contribution >= 0.6 is 11.8 Å². The molecule has 0 aromatic heterocycles. The normalized spacial score (nSPS) is 23.6. The zero-order valence-corrected chi connectivity index (χ0v) is 11.5. The van der Waals surface area contributed by atoms with Gasteiger partial charge in [0.25, 0.3) is 0 Å². The van der Waals surface area contributed by atoms with Gasteiger partial charge in [0.15, 0.2) is 0 Å². The average Bonchev–Trinajstić information content (AvgIpc) is 2.39. The summed E-state index contributed by atoms with van der Waals surface area (Å²) in [6, 6.07) is 10.5. The first kappa shape index (κ1) is 13.5. The van der Waals surface area contributed by atoms with E-state index in [1.54, 1.807) is 0 Å². The highest BCUT2D eigenvalue weighted by Gasteiger charge is 2.18. The van der Waals surface area contributed by atoms with E-state index in [4.69, 9.17) is 5.21 Å². The molecule has 0 heterocycles. The second-order valence-electron chi connectivity index (χ2n) is 4.83. The Morgan fingerprint density at radius 1 is 1.11 bits per heavy atom. The molecule has 1 aromatic rings. The van der Waals surface area contributed by atoms with Crippen molar-refractivity contribution in [2.24, 2.45) is 5.16 Å². The summed E-state index contributed by atoms with van der Waals surface area (Å²) in [6.45, 7) is 0. The highest BCUT2D eigenvalue weighted by Crippen LogP contribution is 2.27. The predicted octanol–water partition coefficient (Wildman–Crippen LogP) is 4.47. The number of hydrogen-bond donors (Lipinski definition) is 1. The maximum atomic E-state index is 9.15. The van der Waals surface area contributed by atoms with Crippen molar-refractivity contribution >= 4 is 17.5 Å². The first-order chi connectivity index (χ1) is 8.90. The van der Waals surface area contributed by atoms with Gasteiger partial charge >= 0.3 is 0 Å². The van der Waals surface area contributed by atoms with Crippen LogP contribution in [0.15, 0.2) is 35.5 Å². The molecule has 0 radical (unpaired) electrons. The molecule has 0 saturated heterocycles. The molecule has 1 N–H and O–H groups in total. The van der Waals surface area contributed by atoms with Crippen LogP contribution in [0.2, 0.25) is 0 Å². The molecular weight excluding hydrogens is 242 g/mol. The Morgan fingerprint density at radius 2 is 1.89 bits per heavy atom. The van der Waals surface area contributed by atoms with E-state index in [0.717, 1.165) is 24.3 Å². The van der Waals surface area contributed by atoms with Crippen LogP contribution in [-0.2, 0) is 5.75 Å². The van der Waals surface area contributed by atoms with Crippen LogP contribution in [0.4, 0.5) is 0 Å². The SMILES string of the molecule is O/N=C1/CCCCCC[C@@H]1SCc1ccccc1.